The topological polar surface area (TPSA) is 29.1 Å². The fourth-order valence-corrected chi connectivity index (χ4v) is 3.14. The first kappa shape index (κ1) is 15.1. The molecule has 1 amide bonds. The van der Waals surface area contributed by atoms with Crippen molar-refractivity contribution in [2.75, 3.05) is 5.88 Å². The Balaban J connectivity index is 2.24. The SMILES string of the molecule is Cc1cc(C(=O)NC(C)(CCl)c2ccccc2)sc1C. The Morgan fingerprint density at radius 3 is 2.45 bits per heavy atom. The van der Waals surface area contributed by atoms with Crippen LogP contribution in [0.4, 0.5) is 0 Å². The van der Waals surface area contributed by atoms with Crippen LogP contribution in [0.25, 0.3) is 0 Å². The van der Waals surface area contributed by atoms with Gasteiger partial charge in [-0.1, -0.05) is 30.3 Å². The summed E-state index contributed by atoms with van der Waals surface area (Å²) in [6, 6.07) is 11.7. The van der Waals surface area contributed by atoms with Crippen molar-refractivity contribution in [1.29, 1.82) is 0 Å². The summed E-state index contributed by atoms with van der Waals surface area (Å²) in [5, 5.41) is 3.06. The van der Waals surface area contributed by atoms with Gasteiger partial charge in [-0.15, -0.1) is 22.9 Å². The van der Waals surface area contributed by atoms with Crippen LogP contribution in [0.5, 0.6) is 0 Å². The second-order valence-corrected chi connectivity index (χ2v) is 6.66. The Kier molecular flexibility index (Phi) is 4.51. The van der Waals surface area contributed by atoms with Crippen LogP contribution in [0.2, 0.25) is 0 Å². The van der Waals surface area contributed by atoms with E-state index in [0.29, 0.717) is 5.88 Å². The maximum Gasteiger partial charge on any atom is 0.262 e. The second-order valence-electron chi connectivity index (χ2n) is 5.14. The molecule has 0 saturated carbocycles. The molecule has 2 nitrogen and oxygen atoms in total. The molecule has 0 aliphatic heterocycles. The minimum absolute atomic E-state index is 0.0711. The lowest BCUT2D eigenvalue weighted by Crippen LogP contribution is -2.44. The third kappa shape index (κ3) is 3.05. The quantitative estimate of drug-likeness (QED) is 0.841. The van der Waals surface area contributed by atoms with E-state index in [2.05, 4.69) is 5.32 Å². The number of hydrogen-bond donors (Lipinski definition) is 1. The van der Waals surface area contributed by atoms with E-state index in [4.69, 9.17) is 11.6 Å². The molecular formula is C16H18ClNOS. The fraction of sp³-hybridized carbons (Fsp3) is 0.312. The summed E-state index contributed by atoms with van der Waals surface area (Å²) in [6.45, 7) is 5.98. The molecule has 106 valence electrons. The fourth-order valence-electron chi connectivity index (χ4n) is 1.99. The number of carbonyl (C=O) groups is 1. The highest BCUT2D eigenvalue weighted by Gasteiger charge is 2.28. The number of halogens is 1. The second kappa shape index (κ2) is 5.98. The van der Waals surface area contributed by atoms with E-state index < -0.39 is 5.54 Å². The summed E-state index contributed by atoms with van der Waals surface area (Å²) in [4.78, 5) is 14.3. The number of thiophene rings is 1. The van der Waals surface area contributed by atoms with Crippen LogP contribution in [0.1, 0.15) is 32.6 Å². The minimum atomic E-state index is -0.564. The average Bonchev–Trinajstić information content (AvgIpc) is 2.79. The van der Waals surface area contributed by atoms with Crippen LogP contribution < -0.4 is 5.32 Å². The number of rotatable bonds is 4. The Bertz CT molecular complexity index is 589. The molecule has 20 heavy (non-hydrogen) atoms. The Hall–Kier alpha value is -1.32. The molecule has 0 aliphatic rings. The monoisotopic (exact) mass is 307 g/mol. The Morgan fingerprint density at radius 2 is 1.95 bits per heavy atom. The van der Waals surface area contributed by atoms with Gasteiger partial charge in [0, 0.05) is 10.8 Å². The molecule has 1 unspecified atom stereocenters. The van der Waals surface area contributed by atoms with Gasteiger partial charge in [0.25, 0.3) is 5.91 Å². The number of benzene rings is 1. The first-order valence-electron chi connectivity index (χ1n) is 6.47. The molecule has 1 heterocycles. The predicted molar refractivity (Wildman–Crippen MR) is 85.8 cm³/mol. The standard InChI is InChI=1S/C16H18ClNOS/c1-11-9-14(20-12(11)2)15(19)18-16(3,10-17)13-7-5-4-6-8-13/h4-9H,10H2,1-3H3,(H,18,19). The molecule has 1 aromatic heterocycles. The number of hydrogen-bond acceptors (Lipinski definition) is 2. The van der Waals surface area contributed by atoms with Crippen LogP contribution in [-0.4, -0.2) is 11.8 Å². The van der Waals surface area contributed by atoms with E-state index in [1.54, 1.807) is 0 Å². The maximum absolute atomic E-state index is 12.4. The first-order chi connectivity index (χ1) is 9.46. The summed E-state index contributed by atoms with van der Waals surface area (Å²) in [7, 11) is 0. The van der Waals surface area contributed by atoms with E-state index in [0.717, 1.165) is 16.0 Å². The molecule has 1 atom stereocenters. The van der Waals surface area contributed by atoms with Gasteiger partial charge in [0.1, 0.15) is 0 Å². The van der Waals surface area contributed by atoms with Gasteiger partial charge in [-0.25, -0.2) is 0 Å². The zero-order valence-electron chi connectivity index (χ0n) is 11.9. The van der Waals surface area contributed by atoms with Gasteiger partial charge < -0.3 is 5.32 Å². The molecular weight excluding hydrogens is 290 g/mol. The zero-order chi connectivity index (χ0) is 14.8. The summed E-state index contributed by atoms with van der Waals surface area (Å²) in [5.74, 6) is 0.254. The number of aryl methyl sites for hydroxylation is 2. The van der Waals surface area contributed by atoms with Gasteiger partial charge in [-0.05, 0) is 38.0 Å². The van der Waals surface area contributed by atoms with Crippen molar-refractivity contribution >= 4 is 28.8 Å². The molecule has 0 saturated heterocycles. The van der Waals surface area contributed by atoms with Crippen molar-refractivity contribution in [3.8, 4) is 0 Å². The first-order valence-corrected chi connectivity index (χ1v) is 7.82. The van der Waals surface area contributed by atoms with Crippen LogP contribution in [0.15, 0.2) is 36.4 Å². The summed E-state index contributed by atoms with van der Waals surface area (Å²) in [5.41, 5.74) is 1.59. The number of amides is 1. The summed E-state index contributed by atoms with van der Waals surface area (Å²) >= 11 is 7.61. The van der Waals surface area contributed by atoms with Gasteiger partial charge in [0.05, 0.1) is 10.4 Å². The Labute approximate surface area is 128 Å². The van der Waals surface area contributed by atoms with Crippen molar-refractivity contribution < 1.29 is 4.79 Å². The minimum Gasteiger partial charge on any atom is -0.341 e. The number of alkyl halides is 1. The Morgan fingerprint density at radius 1 is 1.30 bits per heavy atom. The van der Waals surface area contributed by atoms with E-state index in [1.807, 2.05) is 57.2 Å². The van der Waals surface area contributed by atoms with E-state index in [-0.39, 0.29) is 5.91 Å². The molecule has 2 aromatic rings. The van der Waals surface area contributed by atoms with E-state index in [1.165, 1.54) is 16.2 Å². The molecule has 0 aliphatic carbocycles. The van der Waals surface area contributed by atoms with Crippen LogP contribution in [-0.2, 0) is 5.54 Å². The molecule has 1 aromatic carbocycles. The molecule has 0 spiro atoms. The van der Waals surface area contributed by atoms with Gasteiger partial charge in [-0.3, -0.25) is 4.79 Å². The molecule has 0 fully saturated rings. The number of nitrogens with one attached hydrogen (secondary N) is 1. The van der Waals surface area contributed by atoms with Crippen molar-refractivity contribution in [2.45, 2.75) is 26.3 Å². The third-order valence-corrected chi connectivity index (χ3v) is 5.14. The van der Waals surface area contributed by atoms with Gasteiger partial charge in [0.2, 0.25) is 0 Å². The summed E-state index contributed by atoms with van der Waals surface area (Å²) in [6.07, 6.45) is 0. The highest BCUT2D eigenvalue weighted by Crippen LogP contribution is 2.25. The predicted octanol–water partition coefficient (Wildman–Crippen LogP) is 4.25. The van der Waals surface area contributed by atoms with E-state index in [9.17, 15) is 4.79 Å². The van der Waals surface area contributed by atoms with Crippen molar-refractivity contribution in [3.05, 3.63) is 57.3 Å². The lowest BCUT2D eigenvalue weighted by Gasteiger charge is -2.29. The normalized spacial score (nSPS) is 13.8. The molecule has 0 radical (unpaired) electrons. The van der Waals surface area contributed by atoms with Crippen LogP contribution >= 0.6 is 22.9 Å². The summed E-state index contributed by atoms with van der Waals surface area (Å²) < 4.78 is 0. The lowest BCUT2D eigenvalue weighted by atomic mass is 9.94. The third-order valence-electron chi connectivity index (χ3n) is 3.46. The van der Waals surface area contributed by atoms with Gasteiger partial charge in [-0.2, -0.15) is 0 Å². The van der Waals surface area contributed by atoms with Gasteiger partial charge in [0.15, 0.2) is 0 Å². The smallest absolute Gasteiger partial charge is 0.262 e. The van der Waals surface area contributed by atoms with Crippen LogP contribution in [0.3, 0.4) is 0 Å². The zero-order valence-corrected chi connectivity index (χ0v) is 13.4. The maximum atomic E-state index is 12.4. The van der Waals surface area contributed by atoms with E-state index >= 15 is 0 Å². The highest BCUT2D eigenvalue weighted by atomic mass is 35.5. The largest absolute Gasteiger partial charge is 0.341 e. The highest BCUT2D eigenvalue weighted by molar-refractivity contribution is 7.14. The molecule has 2 rings (SSSR count). The molecule has 0 bridgehead atoms. The average molecular weight is 308 g/mol. The van der Waals surface area contributed by atoms with Gasteiger partial charge >= 0.3 is 0 Å². The number of carbonyl (C=O) groups excluding carboxylic acids is 1. The van der Waals surface area contributed by atoms with Crippen molar-refractivity contribution in [2.24, 2.45) is 0 Å². The van der Waals surface area contributed by atoms with Crippen molar-refractivity contribution in [3.63, 3.8) is 0 Å². The van der Waals surface area contributed by atoms with Crippen molar-refractivity contribution in [1.82, 2.24) is 5.32 Å². The molecule has 4 heteroatoms. The lowest BCUT2D eigenvalue weighted by molar-refractivity contribution is 0.0917. The molecule has 1 N–H and O–H groups in total. The van der Waals surface area contributed by atoms with Crippen LogP contribution in [0, 0.1) is 13.8 Å².